The van der Waals surface area contributed by atoms with Gasteiger partial charge in [-0.25, -0.2) is 0 Å². The fourth-order valence-corrected chi connectivity index (χ4v) is 5.65. The van der Waals surface area contributed by atoms with E-state index in [1.54, 1.807) is 0 Å². The summed E-state index contributed by atoms with van der Waals surface area (Å²) in [6.45, 7) is 5.99. The van der Waals surface area contributed by atoms with Gasteiger partial charge in [-0.15, -0.1) is 0 Å². The number of aliphatic hydroxyl groups is 1. The second kappa shape index (κ2) is 5.09. The van der Waals surface area contributed by atoms with E-state index >= 15 is 0 Å². The van der Waals surface area contributed by atoms with Crippen LogP contribution in [0.25, 0.3) is 0 Å². The summed E-state index contributed by atoms with van der Waals surface area (Å²) >= 11 is 0. The summed E-state index contributed by atoms with van der Waals surface area (Å²) in [5, 5.41) is 9.84. The smallest absolute Gasteiger partial charge is 0.225 e. The number of rotatable bonds is 3. The van der Waals surface area contributed by atoms with Gasteiger partial charge in [-0.1, -0.05) is 18.2 Å². The number of carbonyl (C=O) groups excluding carboxylic acids is 1. The van der Waals surface area contributed by atoms with Crippen molar-refractivity contribution in [2.24, 2.45) is 11.3 Å². The van der Waals surface area contributed by atoms with Crippen molar-refractivity contribution in [1.29, 1.82) is 0 Å². The molecule has 134 valence electrons. The molecule has 3 aliphatic carbocycles. The molecule has 4 fully saturated rings. The van der Waals surface area contributed by atoms with Crippen LogP contribution in [0.1, 0.15) is 74.0 Å². The highest BCUT2D eigenvalue weighted by Crippen LogP contribution is 2.57. The lowest BCUT2D eigenvalue weighted by Crippen LogP contribution is -2.65. The van der Waals surface area contributed by atoms with E-state index in [9.17, 15) is 9.90 Å². The average Bonchev–Trinajstić information content (AvgIpc) is 3.27. The van der Waals surface area contributed by atoms with Crippen molar-refractivity contribution in [1.82, 2.24) is 4.90 Å². The van der Waals surface area contributed by atoms with Crippen LogP contribution in [0.5, 0.6) is 0 Å². The van der Waals surface area contributed by atoms with Gasteiger partial charge in [0.05, 0.1) is 5.60 Å². The zero-order valence-electron chi connectivity index (χ0n) is 15.4. The van der Waals surface area contributed by atoms with Crippen molar-refractivity contribution < 1.29 is 9.90 Å². The molecule has 3 nitrogen and oxygen atoms in total. The summed E-state index contributed by atoms with van der Waals surface area (Å²) in [5.41, 5.74) is 4.33. The van der Waals surface area contributed by atoms with Crippen LogP contribution >= 0.6 is 0 Å². The number of hydrogen-bond acceptors (Lipinski definition) is 2. The van der Waals surface area contributed by atoms with Crippen molar-refractivity contribution in [3.8, 4) is 0 Å². The Hall–Kier alpha value is -1.35. The summed E-state index contributed by atoms with van der Waals surface area (Å²) in [4.78, 5) is 14.5. The number of amides is 1. The third-order valence-electron chi connectivity index (χ3n) is 7.23. The van der Waals surface area contributed by atoms with E-state index < -0.39 is 5.60 Å². The standard InChI is InChI=1S/C22H29NO2/c1-14-7-16(15-3-4-15)5-6-19(14)17-10-22(11-17)12-23(13-22)20(24)18-8-21(2,25)9-18/h5-7,15,17-18,25H,3-4,8-13H2,1-2H3/t18-,21+. The van der Waals surface area contributed by atoms with E-state index in [1.165, 1.54) is 42.4 Å². The minimum absolute atomic E-state index is 0.0698. The van der Waals surface area contributed by atoms with Gasteiger partial charge in [0.1, 0.15) is 0 Å². The van der Waals surface area contributed by atoms with Crippen LogP contribution < -0.4 is 0 Å². The molecule has 1 N–H and O–H groups in total. The van der Waals surface area contributed by atoms with Crippen LogP contribution in [0.15, 0.2) is 18.2 Å². The first-order valence-corrected chi connectivity index (χ1v) is 9.96. The van der Waals surface area contributed by atoms with Crippen molar-refractivity contribution in [2.45, 2.75) is 69.8 Å². The number of aryl methyl sites for hydroxylation is 1. The van der Waals surface area contributed by atoms with Gasteiger partial charge in [0.2, 0.25) is 5.91 Å². The van der Waals surface area contributed by atoms with Crippen LogP contribution in [0.3, 0.4) is 0 Å². The van der Waals surface area contributed by atoms with E-state index in [0.29, 0.717) is 24.2 Å². The van der Waals surface area contributed by atoms with Crippen LogP contribution in [0, 0.1) is 18.3 Å². The molecule has 3 heteroatoms. The molecule has 0 bridgehead atoms. The highest BCUT2D eigenvalue weighted by molar-refractivity contribution is 5.81. The highest BCUT2D eigenvalue weighted by atomic mass is 16.3. The first kappa shape index (κ1) is 15.9. The Bertz CT molecular complexity index is 712. The molecule has 0 atom stereocenters. The quantitative estimate of drug-likeness (QED) is 0.911. The topological polar surface area (TPSA) is 40.5 Å². The molecular weight excluding hydrogens is 310 g/mol. The van der Waals surface area contributed by atoms with Gasteiger partial charge in [0, 0.05) is 24.4 Å². The maximum absolute atomic E-state index is 12.5. The van der Waals surface area contributed by atoms with E-state index in [1.807, 2.05) is 11.8 Å². The summed E-state index contributed by atoms with van der Waals surface area (Å²) < 4.78 is 0. The van der Waals surface area contributed by atoms with E-state index in [4.69, 9.17) is 0 Å². The summed E-state index contributed by atoms with van der Waals surface area (Å²) in [6.07, 6.45) is 6.50. The number of nitrogens with zero attached hydrogens (tertiary/aromatic N) is 1. The second-order valence-corrected chi connectivity index (χ2v) is 9.79. The lowest BCUT2D eigenvalue weighted by molar-refractivity contribution is -0.168. The Morgan fingerprint density at radius 2 is 1.80 bits per heavy atom. The Morgan fingerprint density at radius 1 is 1.12 bits per heavy atom. The predicted octanol–water partition coefficient (Wildman–Crippen LogP) is 3.74. The third-order valence-corrected chi connectivity index (χ3v) is 7.23. The Balaban J connectivity index is 1.16. The SMILES string of the molecule is Cc1cc(C2CC2)ccc1C1CC2(C1)CN(C(=O)[C@H]1C[C@@](C)(O)C1)C2. The van der Waals surface area contributed by atoms with Crippen LogP contribution in [-0.2, 0) is 4.79 Å². The zero-order valence-corrected chi connectivity index (χ0v) is 15.4. The molecule has 1 heterocycles. The maximum atomic E-state index is 12.5. The molecule has 0 radical (unpaired) electrons. The summed E-state index contributed by atoms with van der Waals surface area (Å²) in [7, 11) is 0. The van der Waals surface area contributed by atoms with E-state index in [-0.39, 0.29) is 11.8 Å². The van der Waals surface area contributed by atoms with Crippen molar-refractivity contribution >= 4 is 5.91 Å². The molecule has 1 amide bonds. The lowest BCUT2D eigenvalue weighted by Gasteiger charge is -2.60. The molecule has 0 unspecified atom stereocenters. The number of benzene rings is 1. The van der Waals surface area contributed by atoms with Gasteiger partial charge in [0.15, 0.2) is 0 Å². The van der Waals surface area contributed by atoms with Crippen molar-refractivity contribution in [3.05, 3.63) is 34.9 Å². The van der Waals surface area contributed by atoms with Crippen molar-refractivity contribution in [2.75, 3.05) is 13.1 Å². The molecule has 5 rings (SSSR count). The van der Waals surface area contributed by atoms with Gasteiger partial charge in [-0.05, 0) is 80.9 Å². The molecule has 25 heavy (non-hydrogen) atoms. The minimum atomic E-state index is -0.603. The molecule has 3 saturated carbocycles. The normalized spacial score (nSPS) is 33.6. The second-order valence-electron chi connectivity index (χ2n) is 9.79. The first-order valence-electron chi connectivity index (χ1n) is 9.96. The van der Waals surface area contributed by atoms with Gasteiger partial charge in [0.25, 0.3) is 0 Å². The fourth-order valence-electron chi connectivity index (χ4n) is 5.65. The molecule has 1 aromatic rings. The molecule has 0 aromatic heterocycles. The predicted molar refractivity (Wildman–Crippen MR) is 97.5 cm³/mol. The Kier molecular flexibility index (Phi) is 3.23. The van der Waals surface area contributed by atoms with Gasteiger partial charge >= 0.3 is 0 Å². The molecule has 1 aliphatic heterocycles. The van der Waals surface area contributed by atoms with Gasteiger partial charge in [-0.3, -0.25) is 4.79 Å². The Labute approximate surface area is 150 Å². The largest absolute Gasteiger partial charge is 0.390 e. The molecular formula is C22H29NO2. The summed E-state index contributed by atoms with van der Waals surface area (Å²) in [6, 6.07) is 7.14. The average molecular weight is 339 g/mol. The number of carbonyl (C=O) groups is 1. The highest BCUT2D eigenvalue weighted by Gasteiger charge is 2.56. The van der Waals surface area contributed by atoms with Crippen molar-refractivity contribution in [3.63, 3.8) is 0 Å². The zero-order chi connectivity index (χ0) is 17.4. The maximum Gasteiger partial charge on any atom is 0.225 e. The molecule has 1 aromatic carbocycles. The third kappa shape index (κ3) is 2.63. The monoisotopic (exact) mass is 339 g/mol. The fraction of sp³-hybridized carbons (Fsp3) is 0.682. The first-order chi connectivity index (χ1) is 11.8. The molecule has 1 saturated heterocycles. The van der Waals surface area contributed by atoms with Gasteiger partial charge < -0.3 is 10.0 Å². The molecule has 1 spiro atoms. The van der Waals surface area contributed by atoms with Crippen LogP contribution in [0.4, 0.5) is 0 Å². The number of likely N-dealkylation sites (tertiary alicyclic amines) is 1. The summed E-state index contributed by atoms with van der Waals surface area (Å²) in [5.74, 6) is 1.87. The van der Waals surface area contributed by atoms with Gasteiger partial charge in [-0.2, -0.15) is 0 Å². The number of hydrogen-bond donors (Lipinski definition) is 1. The van der Waals surface area contributed by atoms with Crippen LogP contribution in [-0.4, -0.2) is 34.6 Å². The minimum Gasteiger partial charge on any atom is -0.390 e. The Morgan fingerprint density at radius 3 is 2.36 bits per heavy atom. The van der Waals surface area contributed by atoms with Crippen LogP contribution in [0.2, 0.25) is 0 Å². The van der Waals surface area contributed by atoms with E-state index in [2.05, 4.69) is 25.1 Å². The van der Waals surface area contributed by atoms with E-state index in [0.717, 1.165) is 19.0 Å². The lowest BCUT2D eigenvalue weighted by atomic mass is 9.55. The molecule has 4 aliphatic rings.